The fourth-order valence-electron chi connectivity index (χ4n) is 5.13. The second kappa shape index (κ2) is 11.8. The summed E-state index contributed by atoms with van der Waals surface area (Å²) in [6.45, 7) is 0. The Kier molecular flexibility index (Phi) is 7.31. The molecule has 0 saturated heterocycles. The molecule has 0 amide bonds. The summed E-state index contributed by atoms with van der Waals surface area (Å²) in [5.41, 5.74) is 9.55. The third kappa shape index (κ3) is 5.85. The largest absolute Gasteiger partial charge is 0.208 e. The number of aromatic nitrogens is 3. The Bertz CT molecular complexity index is 1890. The molecule has 1 aromatic heterocycles. The summed E-state index contributed by atoms with van der Waals surface area (Å²) < 4.78 is 0. The van der Waals surface area contributed by atoms with Crippen LogP contribution in [0.3, 0.4) is 0 Å². The minimum atomic E-state index is 0.620. The molecule has 0 bridgehead atoms. The van der Waals surface area contributed by atoms with Crippen molar-refractivity contribution in [3.8, 4) is 67.5 Å². The zero-order valence-corrected chi connectivity index (χ0v) is 24.0. The Morgan fingerprint density at radius 3 is 1.09 bits per heavy atom. The van der Waals surface area contributed by atoms with Gasteiger partial charge in [0.1, 0.15) is 0 Å². The van der Waals surface area contributed by atoms with Crippen LogP contribution in [0.2, 0.25) is 5.02 Å². The monoisotopic (exact) mass is 571 g/mol. The van der Waals surface area contributed by atoms with Crippen LogP contribution in [0.15, 0.2) is 158 Å². The summed E-state index contributed by atoms with van der Waals surface area (Å²) >= 11 is 6.14. The van der Waals surface area contributed by atoms with Crippen molar-refractivity contribution in [2.45, 2.75) is 0 Å². The lowest BCUT2D eigenvalue weighted by Crippen LogP contribution is -2.00. The molecule has 7 aromatic rings. The number of rotatable bonds is 6. The first-order valence-electron chi connectivity index (χ1n) is 14.1. The fraction of sp³-hybridized carbons (Fsp3) is 0. The summed E-state index contributed by atoms with van der Waals surface area (Å²) in [6.07, 6.45) is 0. The van der Waals surface area contributed by atoms with Gasteiger partial charge in [-0.25, -0.2) is 15.0 Å². The van der Waals surface area contributed by atoms with Crippen LogP contribution in [0, 0.1) is 0 Å². The van der Waals surface area contributed by atoms with E-state index in [1.54, 1.807) is 0 Å². The second-order valence-electron chi connectivity index (χ2n) is 10.3. The average molecular weight is 572 g/mol. The number of hydrogen-bond acceptors (Lipinski definition) is 3. The maximum Gasteiger partial charge on any atom is 0.164 e. The third-order valence-electron chi connectivity index (χ3n) is 7.43. The Balaban J connectivity index is 1.31. The van der Waals surface area contributed by atoms with E-state index in [2.05, 4.69) is 109 Å². The molecule has 0 aliphatic carbocycles. The van der Waals surface area contributed by atoms with E-state index in [0.717, 1.165) is 38.9 Å². The molecule has 0 aliphatic rings. The highest BCUT2D eigenvalue weighted by Crippen LogP contribution is 2.30. The van der Waals surface area contributed by atoms with Crippen LogP contribution in [-0.2, 0) is 0 Å². The summed E-state index contributed by atoms with van der Waals surface area (Å²) in [6, 6.07) is 53.6. The Labute approximate surface area is 256 Å². The van der Waals surface area contributed by atoms with Gasteiger partial charge in [0.2, 0.25) is 0 Å². The van der Waals surface area contributed by atoms with Crippen LogP contribution < -0.4 is 0 Å². The lowest BCUT2D eigenvalue weighted by atomic mass is 10.0. The van der Waals surface area contributed by atoms with Gasteiger partial charge in [-0.1, -0.05) is 151 Å². The lowest BCUT2D eigenvalue weighted by molar-refractivity contribution is 1.07. The van der Waals surface area contributed by atoms with Crippen molar-refractivity contribution in [3.05, 3.63) is 163 Å². The van der Waals surface area contributed by atoms with Gasteiger partial charge in [-0.05, 0) is 51.6 Å². The maximum absolute atomic E-state index is 6.14. The fourth-order valence-corrected chi connectivity index (χ4v) is 5.25. The van der Waals surface area contributed by atoms with Crippen molar-refractivity contribution >= 4 is 11.6 Å². The maximum atomic E-state index is 6.14. The van der Waals surface area contributed by atoms with Gasteiger partial charge >= 0.3 is 0 Å². The molecule has 4 heteroatoms. The van der Waals surface area contributed by atoms with Crippen LogP contribution in [0.1, 0.15) is 0 Å². The molecule has 0 unspecified atom stereocenters. The molecule has 0 aliphatic heterocycles. The molecule has 0 N–H and O–H groups in total. The molecule has 43 heavy (non-hydrogen) atoms. The number of halogens is 1. The van der Waals surface area contributed by atoms with Crippen LogP contribution in [0.25, 0.3) is 67.5 Å². The molecular weight excluding hydrogens is 546 g/mol. The molecule has 0 spiro atoms. The number of hydrogen-bond donors (Lipinski definition) is 0. The van der Waals surface area contributed by atoms with Crippen LogP contribution in [0.4, 0.5) is 0 Å². The Hall–Kier alpha value is -5.38. The van der Waals surface area contributed by atoms with Gasteiger partial charge in [0.25, 0.3) is 0 Å². The van der Waals surface area contributed by atoms with Crippen molar-refractivity contribution in [1.82, 2.24) is 15.0 Å². The molecule has 204 valence electrons. The lowest BCUT2D eigenvalue weighted by Gasteiger charge is -2.11. The molecule has 0 saturated carbocycles. The van der Waals surface area contributed by atoms with E-state index in [0.29, 0.717) is 22.5 Å². The first kappa shape index (κ1) is 26.5. The molecule has 1 heterocycles. The minimum Gasteiger partial charge on any atom is -0.208 e. The summed E-state index contributed by atoms with van der Waals surface area (Å²) in [5, 5.41) is 0.711. The smallest absolute Gasteiger partial charge is 0.164 e. The molecule has 0 atom stereocenters. The predicted octanol–water partition coefficient (Wildman–Crippen LogP) is 10.5. The van der Waals surface area contributed by atoms with Crippen molar-refractivity contribution in [2.75, 3.05) is 0 Å². The Morgan fingerprint density at radius 1 is 0.279 bits per heavy atom. The normalized spacial score (nSPS) is 10.9. The van der Waals surface area contributed by atoms with E-state index >= 15 is 0 Å². The van der Waals surface area contributed by atoms with E-state index in [1.807, 2.05) is 48.5 Å². The second-order valence-corrected chi connectivity index (χ2v) is 10.7. The standard InChI is InChI=1S/C39H26ClN3/c40-36-24-22-31(23-25-36)34-12-7-13-35(26-34)39-42-37(32-18-14-29(15-19-32)27-8-3-1-4-9-27)41-38(43-39)33-20-16-30(17-21-33)28-10-5-2-6-11-28/h1-26H. The molecule has 0 fully saturated rings. The zero-order chi connectivity index (χ0) is 29.0. The van der Waals surface area contributed by atoms with Crippen LogP contribution in [0.5, 0.6) is 0 Å². The van der Waals surface area contributed by atoms with Crippen molar-refractivity contribution in [2.24, 2.45) is 0 Å². The number of benzene rings is 6. The van der Waals surface area contributed by atoms with Crippen LogP contribution in [-0.4, -0.2) is 15.0 Å². The van der Waals surface area contributed by atoms with Gasteiger partial charge in [0.15, 0.2) is 17.5 Å². The van der Waals surface area contributed by atoms with Gasteiger partial charge < -0.3 is 0 Å². The minimum absolute atomic E-state index is 0.620. The molecule has 0 radical (unpaired) electrons. The van der Waals surface area contributed by atoms with Gasteiger partial charge in [0.05, 0.1) is 0 Å². The zero-order valence-electron chi connectivity index (χ0n) is 23.2. The molecule has 3 nitrogen and oxygen atoms in total. The highest BCUT2D eigenvalue weighted by atomic mass is 35.5. The van der Waals surface area contributed by atoms with Gasteiger partial charge in [0, 0.05) is 21.7 Å². The number of nitrogens with zero attached hydrogens (tertiary/aromatic N) is 3. The van der Waals surface area contributed by atoms with E-state index in [4.69, 9.17) is 26.6 Å². The quantitative estimate of drug-likeness (QED) is 0.199. The summed E-state index contributed by atoms with van der Waals surface area (Å²) in [7, 11) is 0. The van der Waals surface area contributed by atoms with E-state index < -0.39 is 0 Å². The first-order valence-corrected chi connectivity index (χ1v) is 14.5. The summed E-state index contributed by atoms with van der Waals surface area (Å²) in [4.78, 5) is 14.9. The van der Waals surface area contributed by atoms with E-state index in [1.165, 1.54) is 11.1 Å². The highest BCUT2D eigenvalue weighted by Gasteiger charge is 2.14. The van der Waals surface area contributed by atoms with Gasteiger partial charge in [-0.15, -0.1) is 0 Å². The predicted molar refractivity (Wildman–Crippen MR) is 177 cm³/mol. The molecular formula is C39H26ClN3. The van der Waals surface area contributed by atoms with Gasteiger partial charge in [-0.3, -0.25) is 0 Å². The van der Waals surface area contributed by atoms with Crippen LogP contribution >= 0.6 is 11.6 Å². The van der Waals surface area contributed by atoms with E-state index in [-0.39, 0.29) is 0 Å². The summed E-state index contributed by atoms with van der Waals surface area (Å²) in [5.74, 6) is 1.88. The average Bonchev–Trinajstić information content (AvgIpc) is 3.09. The van der Waals surface area contributed by atoms with Crippen molar-refractivity contribution in [1.29, 1.82) is 0 Å². The molecule has 7 rings (SSSR count). The topological polar surface area (TPSA) is 38.7 Å². The van der Waals surface area contributed by atoms with E-state index in [9.17, 15) is 0 Å². The highest BCUT2D eigenvalue weighted by molar-refractivity contribution is 6.30. The molecule has 6 aromatic carbocycles. The Morgan fingerprint density at radius 2 is 0.605 bits per heavy atom. The van der Waals surface area contributed by atoms with Gasteiger partial charge in [-0.2, -0.15) is 0 Å². The first-order chi connectivity index (χ1) is 21.2. The van der Waals surface area contributed by atoms with Crippen molar-refractivity contribution < 1.29 is 0 Å². The third-order valence-corrected chi connectivity index (χ3v) is 7.69. The SMILES string of the molecule is Clc1ccc(-c2cccc(-c3nc(-c4ccc(-c5ccccc5)cc4)nc(-c4ccc(-c5ccccc5)cc4)n3)c2)cc1. The van der Waals surface area contributed by atoms with Crippen molar-refractivity contribution in [3.63, 3.8) is 0 Å².